The van der Waals surface area contributed by atoms with E-state index in [0.717, 1.165) is 25.9 Å². The van der Waals surface area contributed by atoms with Gasteiger partial charge in [-0.05, 0) is 69.9 Å². The van der Waals surface area contributed by atoms with Gasteiger partial charge in [-0.15, -0.1) is 0 Å². The Morgan fingerprint density at radius 1 is 1.18 bits per heavy atom. The monoisotopic (exact) mass is 301 g/mol. The van der Waals surface area contributed by atoms with E-state index >= 15 is 0 Å². The van der Waals surface area contributed by atoms with E-state index in [2.05, 4.69) is 25.1 Å². The van der Waals surface area contributed by atoms with Gasteiger partial charge in [-0.1, -0.05) is 23.8 Å². The van der Waals surface area contributed by atoms with Crippen LogP contribution in [0.25, 0.3) is 0 Å². The molecule has 0 unspecified atom stereocenters. The van der Waals surface area contributed by atoms with Gasteiger partial charge in [0.2, 0.25) is 0 Å². The number of hydrogen-bond donors (Lipinski definition) is 0. The number of aryl methyl sites for hydroxylation is 2. The smallest absolute Gasteiger partial charge is 0.410 e. The van der Waals surface area contributed by atoms with E-state index < -0.39 is 5.60 Å². The molecule has 1 heterocycles. The second-order valence-corrected chi connectivity index (χ2v) is 7.91. The van der Waals surface area contributed by atoms with Crippen LogP contribution < -0.4 is 0 Å². The molecule has 3 nitrogen and oxygen atoms in total. The number of amides is 1. The molecule has 0 atom stereocenters. The first-order valence-corrected chi connectivity index (χ1v) is 8.37. The van der Waals surface area contributed by atoms with Gasteiger partial charge in [-0.3, -0.25) is 0 Å². The van der Waals surface area contributed by atoms with Gasteiger partial charge in [0.15, 0.2) is 0 Å². The number of piperidine rings is 1. The summed E-state index contributed by atoms with van der Waals surface area (Å²) in [6, 6.07) is 6.87. The van der Waals surface area contributed by atoms with Crippen molar-refractivity contribution in [2.75, 3.05) is 13.1 Å². The minimum absolute atomic E-state index is 0.162. The van der Waals surface area contributed by atoms with Gasteiger partial charge in [0.05, 0.1) is 0 Å². The van der Waals surface area contributed by atoms with Crippen molar-refractivity contribution in [1.82, 2.24) is 4.90 Å². The lowest BCUT2D eigenvalue weighted by Gasteiger charge is -2.40. The fourth-order valence-corrected chi connectivity index (χ4v) is 3.87. The zero-order valence-electron chi connectivity index (χ0n) is 14.2. The van der Waals surface area contributed by atoms with E-state index in [9.17, 15) is 4.79 Å². The van der Waals surface area contributed by atoms with Crippen LogP contribution in [-0.4, -0.2) is 29.7 Å². The van der Waals surface area contributed by atoms with Crippen LogP contribution in [-0.2, 0) is 16.6 Å². The standard InChI is InChI=1S/C19H27NO2/c1-14-5-6-15-7-8-19(16(15)13-14)9-11-20(12-10-19)17(21)22-18(2,3)4/h5-6,13H,7-12H2,1-4H3. The van der Waals surface area contributed by atoms with Gasteiger partial charge in [-0.2, -0.15) is 0 Å². The van der Waals surface area contributed by atoms with Crippen LogP contribution in [0.1, 0.15) is 56.7 Å². The van der Waals surface area contributed by atoms with Crippen molar-refractivity contribution >= 4 is 6.09 Å². The molecule has 0 bridgehead atoms. The Morgan fingerprint density at radius 2 is 1.86 bits per heavy atom. The van der Waals surface area contributed by atoms with E-state index in [1.807, 2.05) is 25.7 Å². The number of likely N-dealkylation sites (tertiary alicyclic amines) is 1. The minimum Gasteiger partial charge on any atom is -0.444 e. The quantitative estimate of drug-likeness (QED) is 0.718. The molecule has 1 saturated heterocycles. The van der Waals surface area contributed by atoms with Crippen LogP contribution >= 0.6 is 0 Å². The third-order valence-electron chi connectivity index (χ3n) is 5.08. The summed E-state index contributed by atoms with van der Waals surface area (Å²) in [6.07, 6.45) is 4.37. The molecule has 0 N–H and O–H groups in total. The van der Waals surface area contributed by atoms with Crippen LogP contribution in [0, 0.1) is 6.92 Å². The summed E-state index contributed by atoms with van der Waals surface area (Å²) in [5.74, 6) is 0. The van der Waals surface area contributed by atoms with Crippen LogP contribution in [0.2, 0.25) is 0 Å². The zero-order chi connectivity index (χ0) is 16.0. The van der Waals surface area contributed by atoms with E-state index in [0.29, 0.717) is 5.41 Å². The molecule has 0 aromatic heterocycles. The van der Waals surface area contributed by atoms with Crippen molar-refractivity contribution in [3.8, 4) is 0 Å². The molecule has 120 valence electrons. The van der Waals surface area contributed by atoms with Crippen molar-refractivity contribution in [1.29, 1.82) is 0 Å². The van der Waals surface area contributed by atoms with Crippen LogP contribution in [0.5, 0.6) is 0 Å². The third kappa shape index (κ3) is 2.86. The fourth-order valence-electron chi connectivity index (χ4n) is 3.87. The van der Waals surface area contributed by atoms with Gasteiger partial charge < -0.3 is 9.64 Å². The lowest BCUT2D eigenvalue weighted by atomic mass is 9.73. The molecule has 1 amide bonds. The molecule has 1 aromatic carbocycles. The molecule has 0 radical (unpaired) electrons. The van der Waals surface area contributed by atoms with Gasteiger partial charge >= 0.3 is 6.09 Å². The van der Waals surface area contributed by atoms with Crippen molar-refractivity contribution < 1.29 is 9.53 Å². The lowest BCUT2D eigenvalue weighted by molar-refractivity contribution is 0.0164. The van der Waals surface area contributed by atoms with Gasteiger partial charge in [0, 0.05) is 13.1 Å². The van der Waals surface area contributed by atoms with Gasteiger partial charge in [-0.25, -0.2) is 4.79 Å². The molecular formula is C19H27NO2. The predicted octanol–water partition coefficient (Wildman–Crippen LogP) is 4.21. The van der Waals surface area contributed by atoms with Crippen molar-refractivity contribution in [2.24, 2.45) is 0 Å². The summed E-state index contributed by atoms with van der Waals surface area (Å²) in [5.41, 5.74) is 4.27. The number of nitrogens with zero attached hydrogens (tertiary/aromatic N) is 1. The number of carbonyl (C=O) groups excluding carboxylic acids is 1. The van der Waals surface area contributed by atoms with Crippen LogP contribution in [0.15, 0.2) is 18.2 Å². The summed E-state index contributed by atoms with van der Waals surface area (Å²) in [4.78, 5) is 14.1. The summed E-state index contributed by atoms with van der Waals surface area (Å²) in [5, 5.41) is 0. The second-order valence-electron chi connectivity index (χ2n) is 7.91. The Bertz CT molecular complexity index is 578. The van der Waals surface area contributed by atoms with Gasteiger partial charge in [0.1, 0.15) is 5.60 Å². The van der Waals surface area contributed by atoms with Crippen molar-refractivity contribution in [3.05, 3.63) is 34.9 Å². The summed E-state index contributed by atoms with van der Waals surface area (Å²) in [7, 11) is 0. The van der Waals surface area contributed by atoms with Crippen LogP contribution in [0.4, 0.5) is 4.79 Å². The zero-order valence-corrected chi connectivity index (χ0v) is 14.2. The Balaban J connectivity index is 1.71. The lowest BCUT2D eigenvalue weighted by Crippen LogP contribution is -2.46. The summed E-state index contributed by atoms with van der Waals surface area (Å²) < 4.78 is 5.50. The van der Waals surface area contributed by atoms with Gasteiger partial charge in [0.25, 0.3) is 0 Å². The normalized spacial score (nSPS) is 20.1. The Labute approximate surface area is 133 Å². The number of rotatable bonds is 0. The molecule has 1 spiro atoms. The van der Waals surface area contributed by atoms with Crippen molar-refractivity contribution in [2.45, 2.75) is 64.4 Å². The molecule has 0 saturated carbocycles. The first kappa shape index (κ1) is 15.4. The number of carbonyl (C=O) groups is 1. The molecule has 1 aromatic rings. The highest BCUT2D eigenvalue weighted by atomic mass is 16.6. The average Bonchev–Trinajstić information content (AvgIpc) is 2.76. The first-order chi connectivity index (χ1) is 10.3. The van der Waals surface area contributed by atoms with Crippen molar-refractivity contribution in [3.63, 3.8) is 0 Å². The molecule has 3 heteroatoms. The highest BCUT2D eigenvalue weighted by Gasteiger charge is 2.42. The number of benzene rings is 1. The SMILES string of the molecule is Cc1ccc2c(c1)C1(CC2)CCN(C(=O)OC(C)(C)C)CC1. The molecule has 1 aliphatic carbocycles. The fraction of sp³-hybridized carbons (Fsp3) is 0.632. The predicted molar refractivity (Wildman–Crippen MR) is 88.2 cm³/mol. The molecular weight excluding hydrogens is 274 g/mol. The van der Waals surface area contributed by atoms with E-state index in [-0.39, 0.29) is 6.09 Å². The molecule has 1 aliphatic heterocycles. The van der Waals surface area contributed by atoms with Crippen LogP contribution in [0.3, 0.4) is 0 Å². The van der Waals surface area contributed by atoms with E-state index in [1.165, 1.54) is 29.5 Å². The minimum atomic E-state index is -0.413. The maximum absolute atomic E-state index is 12.2. The van der Waals surface area contributed by atoms with E-state index in [4.69, 9.17) is 4.74 Å². The molecule has 2 aliphatic rings. The largest absolute Gasteiger partial charge is 0.444 e. The second kappa shape index (κ2) is 5.29. The molecule has 3 rings (SSSR count). The Kier molecular flexibility index (Phi) is 3.70. The Morgan fingerprint density at radius 3 is 2.50 bits per heavy atom. The first-order valence-electron chi connectivity index (χ1n) is 8.37. The highest BCUT2D eigenvalue weighted by molar-refractivity contribution is 5.68. The maximum atomic E-state index is 12.2. The number of ether oxygens (including phenoxy) is 1. The highest BCUT2D eigenvalue weighted by Crippen LogP contribution is 2.46. The Hall–Kier alpha value is -1.51. The molecule has 22 heavy (non-hydrogen) atoms. The summed E-state index contributed by atoms with van der Waals surface area (Å²) in [6.45, 7) is 9.55. The number of hydrogen-bond acceptors (Lipinski definition) is 2. The summed E-state index contributed by atoms with van der Waals surface area (Å²) >= 11 is 0. The topological polar surface area (TPSA) is 29.5 Å². The van der Waals surface area contributed by atoms with E-state index in [1.54, 1.807) is 0 Å². The molecule has 1 fully saturated rings. The third-order valence-corrected chi connectivity index (χ3v) is 5.08. The maximum Gasteiger partial charge on any atom is 0.410 e. The average molecular weight is 301 g/mol. The number of fused-ring (bicyclic) bond motifs is 2.